The number of rotatable bonds is 4. The maximum absolute atomic E-state index is 12.3. The van der Waals surface area contributed by atoms with E-state index < -0.39 is 5.41 Å². The molecule has 1 rings (SSSR count). The van der Waals surface area contributed by atoms with Gasteiger partial charge < -0.3 is 5.32 Å². The summed E-state index contributed by atoms with van der Waals surface area (Å²) in [5, 5.41) is 12.0. The van der Waals surface area contributed by atoms with Crippen molar-refractivity contribution in [2.75, 3.05) is 5.32 Å². The molecule has 0 aliphatic carbocycles. The van der Waals surface area contributed by atoms with Gasteiger partial charge in [0.25, 0.3) is 0 Å². The van der Waals surface area contributed by atoms with Crippen LogP contribution < -0.4 is 5.32 Å². The molecule has 1 N–H and O–H groups in total. The SMILES string of the molecule is CCC(C#N)(CC)C(=O)Nc1c(Br)cccc1Br. The van der Waals surface area contributed by atoms with Crippen LogP contribution in [-0.4, -0.2) is 5.91 Å². The first-order valence-corrected chi connectivity index (χ1v) is 7.26. The van der Waals surface area contributed by atoms with E-state index in [4.69, 9.17) is 0 Å². The summed E-state index contributed by atoms with van der Waals surface area (Å²) in [6, 6.07) is 7.67. The van der Waals surface area contributed by atoms with Gasteiger partial charge in [-0.15, -0.1) is 0 Å². The van der Waals surface area contributed by atoms with Crippen LogP contribution in [0, 0.1) is 16.7 Å². The van der Waals surface area contributed by atoms with Crippen LogP contribution in [0.1, 0.15) is 26.7 Å². The number of carbonyl (C=O) groups is 1. The molecule has 1 aromatic carbocycles. The van der Waals surface area contributed by atoms with Crippen LogP contribution in [0.3, 0.4) is 0 Å². The first-order chi connectivity index (χ1) is 8.50. The number of benzene rings is 1. The quantitative estimate of drug-likeness (QED) is 0.845. The molecule has 0 aliphatic heterocycles. The second kappa shape index (κ2) is 6.35. The zero-order valence-electron chi connectivity index (χ0n) is 10.3. The molecule has 0 aliphatic rings. The van der Waals surface area contributed by atoms with E-state index in [1.807, 2.05) is 32.0 Å². The second-order valence-corrected chi connectivity index (χ2v) is 5.66. The van der Waals surface area contributed by atoms with E-state index in [2.05, 4.69) is 43.2 Å². The summed E-state index contributed by atoms with van der Waals surface area (Å²) in [4.78, 5) is 12.3. The van der Waals surface area contributed by atoms with Gasteiger partial charge in [0.05, 0.1) is 11.8 Å². The molecule has 0 fully saturated rings. The number of hydrogen-bond donors (Lipinski definition) is 1. The van der Waals surface area contributed by atoms with E-state index in [9.17, 15) is 10.1 Å². The van der Waals surface area contributed by atoms with E-state index in [1.54, 1.807) is 0 Å². The van der Waals surface area contributed by atoms with Gasteiger partial charge in [-0.1, -0.05) is 19.9 Å². The fraction of sp³-hybridized carbons (Fsp3) is 0.385. The number of nitriles is 1. The third-order valence-corrected chi connectivity index (χ3v) is 4.38. The van der Waals surface area contributed by atoms with Crippen molar-refractivity contribution >= 4 is 43.5 Å². The molecule has 0 radical (unpaired) electrons. The molecule has 1 amide bonds. The highest BCUT2D eigenvalue weighted by atomic mass is 79.9. The topological polar surface area (TPSA) is 52.9 Å². The van der Waals surface area contributed by atoms with E-state index >= 15 is 0 Å². The Bertz CT molecular complexity index is 470. The minimum atomic E-state index is -0.964. The van der Waals surface area contributed by atoms with Crippen molar-refractivity contribution in [2.24, 2.45) is 5.41 Å². The van der Waals surface area contributed by atoms with Crippen LogP contribution in [0.15, 0.2) is 27.1 Å². The van der Waals surface area contributed by atoms with Gasteiger partial charge >= 0.3 is 0 Å². The van der Waals surface area contributed by atoms with Crippen molar-refractivity contribution < 1.29 is 4.79 Å². The van der Waals surface area contributed by atoms with Crippen LogP contribution in [0.5, 0.6) is 0 Å². The van der Waals surface area contributed by atoms with E-state index in [-0.39, 0.29) is 5.91 Å². The average molecular weight is 374 g/mol. The molecule has 0 spiro atoms. The molecule has 0 bridgehead atoms. The minimum Gasteiger partial charge on any atom is -0.323 e. The molecule has 5 heteroatoms. The van der Waals surface area contributed by atoms with Crippen LogP contribution in [0.2, 0.25) is 0 Å². The lowest BCUT2D eigenvalue weighted by atomic mass is 9.83. The lowest BCUT2D eigenvalue weighted by Gasteiger charge is -2.22. The molecule has 0 atom stereocenters. The molecule has 1 aromatic rings. The van der Waals surface area contributed by atoms with Gasteiger partial charge in [0.2, 0.25) is 5.91 Å². The Balaban J connectivity index is 3.05. The maximum Gasteiger partial charge on any atom is 0.244 e. The number of amides is 1. The van der Waals surface area contributed by atoms with Gasteiger partial charge in [0.1, 0.15) is 5.41 Å². The Hall–Kier alpha value is -0.860. The summed E-state index contributed by atoms with van der Waals surface area (Å²) in [5.41, 5.74) is -0.307. The number of nitrogens with one attached hydrogen (secondary N) is 1. The van der Waals surface area contributed by atoms with Gasteiger partial charge in [-0.3, -0.25) is 4.79 Å². The average Bonchev–Trinajstić information content (AvgIpc) is 2.37. The summed E-state index contributed by atoms with van der Waals surface area (Å²) in [7, 11) is 0. The van der Waals surface area contributed by atoms with Crippen molar-refractivity contribution in [3.8, 4) is 6.07 Å². The highest BCUT2D eigenvalue weighted by Gasteiger charge is 2.35. The number of para-hydroxylation sites is 1. The number of hydrogen-bond acceptors (Lipinski definition) is 2. The van der Waals surface area contributed by atoms with Crippen LogP contribution in [-0.2, 0) is 4.79 Å². The minimum absolute atomic E-state index is 0.261. The molecule has 0 unspecified atom stereocenters. The molecule has 0 heterocycles. The Labute approximate surface area is 124 Å². The smallest absolute Gasteiger partial charge is 0.244 e. The predicted molar refractivity (Wildman–Crippen MR) is 79.1 cm³/mol. The summed E-state index contributed by atoms with van der Waals surface area (Å²) in [5.74, 6) is -0.261. The first kappa shape index (κ1) is 15.2. The molecular formula is C13H14Br2N2O. The molecule has 0 saturated heterocycles. The summed E-state index contributed by atoms with van der Waals surface area (Å²) < 4.78 is 1.56. The summed E-state index contributed by atoms with van der Waals surface area (Å²) >= 11 is 6.76. The Morgan fingerprint density at radius 3 is 2.22 bits per heavy atom. The first-order valence-electron chi connectivity index (χ1n) is 5.67. The lowest BCUT2D eigenvalue weighted by molar-refractivity contribution is -0.123. The highest BCUT2D eigenvalue weighted by molar-refractivity contribution is 9.11. The number of carbonyl (C=O) groups excluding carboxylic acids is 1. The molecule has 18 heavy (non-hydrogen) atoms. The summed E-state index contributed by atoms with van der Waals surface area (Å²) in [6.45, 7) is 3.70. The third-order valence-electron chi connectivity index (χ3n) is 3.06. The normalized spacial score (nSPS) is 10.8. The van der Waals surface area contributed by atoms with Crippen molar-refractivity contribution in [3.63, 3.8) is 0 Å². The zero-order chi connectivity index (χ0) is 13.8. The maximum atomic E-state index is 12.3. The molecule has 96 valence electrons. The number of halogens is 2. The van der Waals surface area contributed by atoms with Crippen molar-refractivity contribution in [2.45, 2.75) is 26.7 Å². The molecule has 0 aromatic heterocycles. The predicted octanol–water partition coefficient (Wildman–Crippen LogP) is 4.48. The van der Waals surface area contributed by atoms with Crippen LogP contribution >= 0.6 is 31.9 Å². The van der Waals surface area contributed by atoms with E-state index in [1.165, 1.54) is 0 Å². The number of nitrogens with zero attached hydrogens (tertiary/aromatic N) is 1. The largest absolute Gasteiger partial charge is 0.323 e. The van der Waals surface area contributed by atoms with Gasteiger partial charge in [0.15, 0.2) is 0 Å². The van der Waals surface area contributed by atoms with Crippen LogP contribution in [0.25, 0.3) is 0 Å². The zero-order valence-corrected chi connectivity index (χ0v) is 13.4. The number of anilines is 1. The molecule has 0 saturated carbocycles. The van der Waals surface area contributed by atoms with Gasteiger partial charge in [-0.2, -0.15) is 5.26 Å². The van der Waals surface area contributed by atoms with Gasteiger partial charge in [-0.05, 0) is 56.8 Å². The summed E-state index contributed by atoms with van der Waals surface area (Å²) in [6.07, 6.45) is 0.988. The Morgan fingerprint density at radius 1 is 1.33 bits per heavy atom. The Morgan fingerprint density at radius 2 is 1.83 bits per heavy atom. The van der Waals surface area contributed by atoms with Crippen LogP contribution in [0.4, 0.5) is 5.69 Å². The van der Waals surface area contributed by atoms with Gasteiger partial charge in [-0.25, -0.2) is 0 Å². The second-order valence-electron chi connectivity index (χ2n) is 3.95. The van der Waals surface area contributed by atoms with E-state index in [0.717, 1.165) is 8.95 Å². The molecule has 3 nitrogen and oxygen atoms in total. The highest BCUT2D eigenvalue weighted by Crippen LogP contribution is 2.33. The Kier molecular flexibility index (Phi) is 5.36. The van der Waals surface area contributed by atoms with E-state index in [0.29, 0.717) is 18.5 Å². The fourth-order valence-electron chi connectivity index (χ4n) is 1.63. The fourth-order valence-corrected chi connectivity index (χ4v) is 2.83. The third kappa shape index (κ3) is 2.93. The molecular weight excluding hydrogens is 360 g/mol. The monoisotopic (exact) mass is 372 g/mol. The van der Waals surface area contributed by atoms with Crippen molar-refractivity contribution in [3.05, 3.63) is 27.1 Å². The standard InChI is InChI=1S/C13H14Br2N2O/c1-3-13(4-2,8-16)12(18)17-11-9(14)6-5-7-10(11)15/h5-7H,3-4H2,1-2H3,(H,17,18). The van der Waals surface area contributed by atoms with Crippen molar-refractivity contribution in [1.29, 1.82) is 5.26 Å². The van der Waals surface area contributed by atoms with Crippen molar-refractivity contribution in [1.82, 2.24) is 0 Å². The van der Waals surface area contributed by atoms with Gasteiger partial charge in [0, 0.05) is 8.95 Å². The lowest BCUT2D eigenvalue weighted by Crippen LogP contribution is -2.34.